The summed E-state index contributed by atoms with van der Waals surface area (Å²) >= 11 is 1.33. The Balaban J connectivity index is 1.47. The lowest BCUT2D eigenvalue weighted by atomic mass is 10.0. The summed E-state index contributed by atoms with van der Waals surface area (Å²) in [5.74, 6) is 1.18. The predicted octanol–water partition coefficient (Wildman–Crippen LogP) is 2.19. The number of carbonyl (C=O) groups is 2. The molecule has 126 valence electrons. The van der Waals surface area contributed by atoms with Crippen LogP contribution in [0.25, 0.3) is 0 Å². The van der Waals surface area contributed by atoms with Gasteiger partial charge in [0.2, 0.25) is 0 Å². The van der Waals surface area contributed by atoms with Crippen molar-refractivity contribution in [1.29, 1.82) is 0 Å². The number of likely N-dealkylation sites (tertiary alicyclic amines) is 1. The molecule has 2 fully saturated rings. The molecule has 0 unspecified atom stereocenters. The third-order valence-corrected chi connectivity index (χ3v) is 5.91. The minimum absolute atomic E-state index is 0.0744. The van der Waals surface area contributed by atoms with Crippen LogP contribution in [0.15, 0.2) is 28.9 Å². The van der Waals surface area contributed by atoms with Gasteiger partial charge in [-0.25, -0.2) is 0 Å². The average Bonchev–Trinajstić information content (AvgIpc) is 3.30. The van der Waals surface area contributed by atoms with E-state index in [1.54, 1.807) is 12.1 Å². The van der Waals surface area contributed by atoms with Crippen LogP contribution >= 0.6 is 11.3 Å². The molecule has 4 rings (SSSR count). The van der Waals surface area contributed by atoms with Crippen molar-refractivity contribution < 1.29 is 14.0 Å². The maximum Gasteiger partial charge on any atom is 0.291 e. The summed E-state index contributed by atoms with van der Waals surface area (Å²) in [4.78, 5) is 27.5. The van der Waals surface area contributed by atoms with Crippen LogP contribution in [-0.2, 0) is 0 Å². The molecule has 6 nitrogen and oxygen atoms in total. The molecule has 4 heterocycles. The van der Waals surface area contributed by atoms with Crippen LogP contribution in [0.4, 0.5) is 5.00 Å². The molecule has 2 aliphatic heterocycles. The van der Waals surface area contributed by atoms with Gasteiger partial charge in [0.15, 0.2) is 5.76 Å². The molecule has 2 saturated heterocycles. The molecule has 0 radical (unpaired) electrons. The van der Waals surface area contributed by atoms with Gasteiger partial charge in [0.25, 0.3) is 11.8 Å². The maximum atomic E-state index is 12.8. The van der Waals surface area contributed by atoms with Crippen molar-refractivity contribution >= 4 is 28.2 Å². The van der Waals surface area contributed by atoms with Crippen LogP contribution in [-0.4, -0.2) is 42.9 Å². The molecule has 0 spiro atoms. The number of fused-ring (bicyclic) bond motifs is 1. The number of rotatable bonds is 3. The van der Waals surface area contributed by atoms with Gasteiger partial charge < -0.3 is 20.0 Å². The minimum atomic E-state index is -0.304. The summed E-state index contributed by atoms with van der Waals surface area (Å²) in [5.41, 5.74) is 0.898. The lowest BCUT2D eigenvalue weighted by Gasteiger charge is -2.17. The summed E-state index contributed by atoms with van der Waals surface area (Å²) in [6, 6.07) is 5.12. The number of carbonyl (C=O) groups excluding carboxylic acids is 2. The number of nitrogens with one attached hydrogen (secondary N) is 2. The molecule has 7 heteroatoms. The number of thiophene rings is 1. The van der Waals surface area contributed by atoms with E-state index < -0.39 is 0 Å². The van der Waals surface area contributed by atoms with Gasteiger partial charge >= 0.3 is 0 Å². The number of furan rings is 1. The maximum absolute atomic E-state index is 12.8. The molecule has 0 saturated carbocycles. The zero-order chi connectivity index (χ0) is 16.7. The fourth-order valence-electron chi connectivity index (χ4n) is 3.50. The van der Waals surface area contributed by atoms with E-state index in [1.165, 1.54) is 17.6 Å². The largest absolute Gasteiger partial charge is 0.459 e. The van der Waals surface area contributed by atoms with E-state index in [0.29, 0.717) is 21.7 Å². The molecule has 2 aromatic heterocycles. The Morgan fingerprint density at radius 1 is 1.33 bits per heavy atom. The van der Waals surface area contributed by atoms with Gasteiger partial charge in [-0.15, -0.1) is 11.3 Å². The van der Waals surface area contributed by atoms with E-state index in [9.17, 15) is 9.59 Å². The van der Waals surface area contributed by atoms with Crippen LogP contribution in [0.5, 0.6) is 0 Å². The second kappa shape index (κ2) is 6.07. The van der Waals surface area contributed by atoms with Crippen LogP contribution in [0.3, 0.4) is 0 Å². The number of hydrogen-bond donors (Lipinski definition) is 2. The molecule has 2 aliphatic rings. The Labute approximate surface area is 143 Å². The molecule has 0 aliphatic carbocycles. The van der Waals surface area contributed by atoms with Gasteiger partial charge in [-0.2, -0.15) is 0 Å². The first-order chi connectivity index (χ1) is 11.6. The van der Waals surface area contributed by atoms with Crippen molar-refractivity contribution in [2.45, 2.75) is 6.92 Å². The van der Waals surface area contributed by atoms with Crippen molar-refractivity contribution in [1.82, 2.24) is 10.2 Å². The van der Waals surface area contributed by atoms with E-state index >= 15 is 0 Å². The Bertz CT molecular complexity index is 756. The minimum Gasteiger partial charge on any atom is -0.459 e. The number of amides is 2. The first-order valence-electron chi connectivity index (χ1n) is 8.07. The summed E-state index contributed by atoms with van der Waals surface area (Å²) in [6.45, 7) is 5.55. The van der Waals surface area contributed by atoms with E-state index in [2.05, 4.69) is 10.6 Å². The number of hydrogen-bond acceptors (Lipinski definition) is 5. The summed E-state index contributed by atoms with van der Waals surface area (Å²) in [5, 5.41) is 6.84. The summed E-state index contributed by atoms with van der Waals surface area (Å²) in [6.07, 6.45) is 1.46. The quantitative estimate of drug-likeness (QED) is 0.894. The third-order valence-electron chi connectivity index (χ3n) is 4.77. The average molecular weight is 345 g/mol. The van der Waals surface area contributed by atoms with Gasteiger partial charge in [0, 0.05) is 26.2 Å². The van der Waals surface area contributed by atoms with Crippen LogP contribution < -0.4 is 10.6 Å². The number of nitrogens with zero attached hydrogens (tertiary/aromatic N) is 1. The topological polar surface area (TPSA) is 74.6 Å². The standard InChI is InChI=1S/C17H19N3O3S/c1-10-5-14(19-16(21)13-3-2-4-23-13)24-15(10)17(22)20-8-11-6-18-7-12(11)9-20/h2-5,11-12,18H,6-9H2,1H3,(H,19,21)/t11-,12+. The fraction of sp³-hybridized carbons (Fsp3) is 0.412. The third kappa shape index (κ3) is 2.74. The predicted molar refractivity (Wildman–Crippen MR) is 91.5 cm³/mol. The van der Waals surface area contributed by atoms with E-state index in [0.717, 1.165) is 31.7 Å². The zero-order valence-electron chi connectivity index (χ0n) is 13.4. The molecule has 2 aromatic rings. The van der Waals surface area contributed by atoms with Crippen LogP contribution in [0.2, 0.25) is 0 Å². The second-order valence-corrected chi connectivity index (χ2v) is 7.49. The second-order valence-electron chi connectivity index (χ2n) is 6.44. The summed E-state index contributed by atoms with van der Waals surface area (Å²) in [7, 11) is 0. The van der Waals surface area contributed by atoms with Crippen molar-refractivity contribution in [2.24, 2.45) is 11.8 Å². The first kappa shape index (κ1) is 15.4. The molecular formula is C17H19N3O3S. The highest BCUT2D eigenvalue weighted by atomic mass is 32.1. The molecular weight excluding hydrogens is 326 g/mol. The number of anilines is 1. The van der Waals surface area contributed by atoms with Gasteiger partial charge in [0.1, 0.15) is 0 Å². The Kier molecular flexibility index (Phi) is 3.90. The van der Waals surface area contributed by atoms with Gasteiger partial charge in [-0.3, -0.25) is 9.59 Å². The van der Waals surface area contributed by atoms with Gasteiger partial charge in [-0.1, -0.05) is 0 Å². The highest BCUT2D eigenvalue weighted by molar-refractivity contribution is 7.18. The lowest BCUT2D eigenvalue weighted by molar-refractivity contribution is 0.0785. The van der Waals surface area contributed by atoms with Crippen molar-refractivity contribution in [3.63, 3.8) is 0 Å². The lowest BCUT2D eigenvalue weighted by Crippen LogP contribution is -2.31. The van der Waals surface area contributed by atoms with E-state index in [1.807, 2.05) is 17.9 Å². The number of aryl methyl sites for hydroxylation is 1. The monoisotopic (exact) mass is 345 g/mol. The Morgan fingerprint density at radius 2 is 2.08 bits per heavy atom. The molecule has 24 heavy (non-hydrogen) atoms. The zero-order valence-corrected chi connectivity index (χ0v) is 14.2. The van der Waals surface area contributed by atoms with Gasteiger partial charge in [0.05, 0.1) is 16.1 Å². The molecule has 2 atom stereocenters. The van der Waals surface area contributed by atoms with E-state index in [4.69, 9.17) is 4.42 Å². The molecule has 0 aromatic carbocycles. The Morgan fingerprint density at radius 3 is 2.75 bits per heavy atom. The van der Waals surface area contributed by atoms with Crippen molar-refractivity contribution in [3.05, 3.63) is 40.7 Å². The smallest absolute Gasteiger partial charge is 0.291 e. The first-order valence-corrected chi connectivity index (χ1v) is 8.89. The van der Waals surface area contributed by atoms with E-state index in [-0.39, 0.29) is 17.6 Å². The van der Waals surface area contributed by atoms with Crippen LogP contribution in [0.1, 0.15) is 25.8 Å². The SMILES string of the molecule is Cc1cc(NC(=O)c2ccco2)sc1C(=O)N1C[C@H]2CNC[C@H]2C1. The highest BCUT2D eigenvalue weighted by Gasteiger charge is 2.38. The fourth-order valence-corrected chi connectivity index (χ4v) is 4.54. The van der Waals surface area contributed by atoms with Crippen molar-refractivity contribution in [3.8, 4) is 0 Å². The van der Waals surface area contributed by atoms with Crippen molar-refractivity contribution in [2.75, 3.05) is 31.5 Å². The summed E-state index contributed by atoms with van der Waals surface area (Å²) < 4.78 is 5.09. The molecule has 2 N–H and O–H groups in total. The molecule has 0 bridgehead atoms. The normalized spacial score (nSPS) is 22.6. The highest BCUT2D eigenvalue weighted by Crippen LogP contribution is 2.32. The van der Waals surface area contributed by atoms with Gasteiger partial charge in [-0.05, 0) is 42.5 Å². The Hall–Kier alpha value is -2.12. The molecule has 2 amide bonds. The van der Waals surface area contributed by atoms with Crippen LogP contribution in [0, 0.1) is 18.8 Å².